The van der Waals surface area contributed by atoms with E-state index in [1.54, 1.807) is 6.92 Å². The first kappa shape index (κ1) is 15.3. The summed E-state index contributed by atoms with van der Waals surface area (Å²) < 4.78 is 5.74. The molecule has 4 unspecified atom stereocenters. The van der Waals surface area contributed by atoms with Crippen LogP contribution in [0.2, 0.25) is 0 Å². The van der Waals surface area contributed by atoms with E-state index >= 15 is 0 Å². The molecule has 1 saturated carbocycles. The number of fused-ring (bicyclic) bond motifs is 1. The molecule has 114 valence electrons. The van der Waals surface area contributed by atoms with Crippen molar-refractivity contribution in [3.05, 3.63) is 0 Å². The molecule has 0 aromatic rings. The van der Waals surface area contributed by atoms with Crippen LogP contribution < -0.4 is 11.1 Å². The van der Waals surface area contributed by atoms with Gasteiger partial charge in [-0.15, -0.1) is 0 Å². The van der Waals surface area contributed by atoms with E-state index in [-0.39, 0.29) is 17.9 Å². The van der Waals surface area contributed by atoms with Gasteiger partial charge in [0, 0.05) is 17.9 Å². The van der Waals surface area contributed by atoms with Crippen molar-refractivity contribution < 1.29 is 19.4 Å². The quantitative estimate of drug-likeness (QED) is 0.697. The largest absolute Gasteiger partial charge is 0.480 e. The van der Waals surface area contributed by atoms with Crippen LogP contribution in [0.5, 0.6) is 0 Å². The van der Waals surface area contributed by atoms with E-state index in [0.29, 0.717) is 13.0 Å². The average Bonchev–Trinajstić information content (AvgIpc) is 2.43. The van der Waals surface area contributed by atoms with Gasteiger partial charge in [0.25, 0.3) is 0 Å². The maximum Gasteiger partial charge on any atom is 0.326 e. The minimum absolute atomic E-state index is 0.0168. The van der Waals surface area contributed by atoms with E-state index < -0.39 is 23.0 Å². The highest BCUT2D eigenvalue weighted by molar-refractivity contribution is 5.92. The lowest BCUT2D eigenvalue weighted by Crippen LogP contribution is -2.82. The maximum absolute atomic E-state index is 12.5. The topological polar surface area (TPSA) is 102 Å². The molecule has 0 aromatic carbocycles. The Bertz CT molecular complexity index is 423. The summed E-state index contributed by atoms with van der Waals surface area (Å²) in [6.07, 6.45) is 2.06. The standard InChI is InChI=1S/C14H24N2O4/c1-4-9(11(17)18)16-12(19)14(15)8-6-5-7-20-10(8)13(14,2)3/h8-10H,4-7,15H2,1-3H3,(H,16,19)(H,17,18). The predicted molar refractivity (Wildman–Crippen MR) is 73.0 cm³/mol. The molecule has 1 saturated heterocycles. The van der Waals surface area contributed by atoms with Gasteiger partial charge in [0.15, 0.2) is 0 Å². The van der Waals surface area contributed by atoms with E-state index in [9.17, 15) is 9.59 Å². The fourth-order valence-electron chi connectivity index (χ4n) is 3.65. The molecule has 4 N–H and O–H groups in total. The first-order chi connectivity index (χ1) is 9.26. The minimum atomic E-state index is -1.05. The fraction of sp³-hybridized carbons (Fsp3) is 0.857. The van der Waals surface area contributed by atoms with Crippen LogP contribution in [0.1, 0.15) is 40.0 Å². The van der Waals surface area contributed by atoms with Crippen LogP contribution in [0.3, 0.4) is 0 Å². The van der Waals surface area contributed by atoms with E-state index in [1.807, 2.05) is 13.8 Å². The number of hydrogen-bond donors (Lipinski definition) is 3. The summed E-state index contributed by atoms with van der Waals surface area (Å²) in [6.45, 7) is 6.26. The summed E-state index contributed by atoms with van der Waals surface area (Å²) in [5.74, 6) is -1.43. The number of nitrogens with two attached hydrogens (primary N) is 1. The Morgan fingerprint density at radius 3 is 2.70 bits per heavy atom. The number of carboxylic acid groups (broad SMARTS) is 1. The van der Waals surface area contributed by atoms with Gasteiger partial charge >= 0.3 is 5.97 Å². The summed E-state index contributed by atoms with van der Waals surface area (Å²) >= 11 is 0. The number of ether oxygens (including phenoxy) is 1. The molecule has 6 nitrogen and oxygen atoms in total. The van der Waals surface area contributed by atoms with Crippen LogP contribution in [-0.4, -0.2) is 41.3 Å². The van der Waals surface area contributed by atoms with Crippen molar-refractivity contribution in [3.63, 3.8) is 0 Å². The van der Waals surface area contributed by atoms with Gasteiger partial charge in [-0.05, 0) is 19.3 Å². The Hall–Kier alpha value is -1.14. The molecule has 4 atom stereocenters. The molecule has 6 heteroatoms. The molecule has 1 amide bonds. The minimum Gasteiger partial charge on any atom is -0.480 e. The van der Waals surface area contributed by atoms with Gasteiger partial charge in [-0.25, -0.2) is 4.79 Å². The summed E-state index contributed by atoms with van der Waals surface area (Å²) in [5.41, 5.74) is 4.86. The number of carbonyl (C=O) groups is 2. The van der Waals surface area contributed by atoms with Crippen molar-refractivity contribution >= 4 is 11.9 Å². The third kappa shape index (κ3) is 1.93. The van der Waals surface area contributed by atoms with Gasteiger partial charge in [-0.3, -0.25) is 4.79 Å². The molecule has 0 bridgehead atoms. The van der Waals surface area contributed by atoms with Gasteiger partial charge in [-0.1, -0.05) is 20.8 Å². The van der Waals surface area contributed by atoms with Crippen LogP contribution in [0.4, 0.5) is 0 Å². The average molecular weight is 284 g/mol. The third-order valence-electron chi connectivity index (χ3n) is 5.07. The van der Waals surface area contributed by atoms with Crippen molar-refractivity contribution in [1.29, 1.82) is 0 Å². The molecule has 1 heterocycles. The fourth-order valence-corrected chi connectivity index (χ4v) is 3.65. The lowest BCUT2D eigenvalue weighted by Gasteiger charge is -2.65. The van der Waals surface area contributed by atoms with Gasteiger partial charge in [0.1, 0.15) is 11.6 Å². The molecule has 0 spiro atoms. The van der Waals surface area contributed by atoms with Crippen molar-refractivity contribution in [2.45, 2.75) is 57.7 Å². The number of aliphatic carboxylic acids is 1. The highest BCUT2D eigenvalue weighted by atomic mass is 16.5. The molecule has 2 fully saturated rings. The van der Waals surface area contributed by atoms with Crippen molar-refractivity contribution in [1.82, 2.24) is 5.32 Å². The van der Waals surface area contributed by atoms with E-state index in [0.717, 1.165) is 12.8 Å². The van der Waals surface area contributed by atoms with Crippen molar-refractivity contribution in [3.8, 4) is 0 Å². The van der Waals surface area contributed by atoms with Gasteiger partial charge in [0.2, 0.25) is 5.91 Å². The Balaban J connectivity index is 2.17. The zero-order chi connectivity index (χ0) is 15.1. The monoisotopic (exact) mass is 284 g/mol. The Labute approximate surface area is 119 Å². The van der Waals surface area contributed by atoms with Gasteiger partial charge in [0.05, 0.1) is 6.10 Å². The van der Waals surface area contributed by atoms with Crippen LogP contribution in [0.25, 0.3) is 0 Å². The summed E-state index contributed by atoms with van der Waals surface area (Å²) in [7, 11) is 0. The maximum atomic E-state index is 12.5. The van der Waals surface area contributed by atoms with Crippen LogP contribution in [0, 0.1) is 11.3 Å². The smallest absolute Gasteiger partial charge is 0.326 e. The van der Waals surface area contributed by atoms with Crippen molar-refractivity contribution in [2.75, 3.05) is 6.61 Å². The first-order valence-corrected chi connectivity index (χ1v) is 7.21. The Kier molecular flexibility index (Phi) is 3.81. The molecule has 1 aliphatic heterocycles. The molecular weight excluding hydrogens is 260 g/mol. The number of carbonyl (C=O) groups excluding carboxylic acids is 1. The Morgan fingerprint density at radius 2 is 2.15 bits per heavy atom. The van der Waals surface area contributed by atoms with E-state index in [4.69, 9.17) is 15.6 Å². The number of carboxylic acids is 1. The molecule has 0 aromatic heterocycles. The Morgan fingerprint density at radius 1 is 1.50 bits per heavy atom. The predicted octanol–water partition coefficient (Wildman–Crippen LogP) is 0.498. The number of amides is 1. The summed E-state index contributed by atoms with van der Waals surface area (Å²) in [5, 5.41) is 11.6. The molecular formula is C14H24N2O4. The second-order valence-electron chi connectivity index (χ2n) is 6.40. The molecule has 0 radical (unpaired) electrons. The lowest BCUT2D eigenvalue weighted by atomic mass is 9.46. The summed E-state index contributed by atoms with van der Waals surface area (Å²) in [6, 6.07) is -0.887. The van der Waals surface area contributed by atoms with Gasteiger partial charge < -0.3 is 20.9 Å². The highest BCUT2D eigenvalue weighted by Crippen LogP contribution is 2.57. The lowest BCUT2D eigenvalue weighted by molar-refractivity contribution is -0.225. The SMILES string of the molecule is CCC(NC(=O)C1(N)C2CCCOC2C1(C)C)C(=O)O. The molecule has 2 aliphatic rings. The summed E-state index contributed by atoms with van der Waals surface area (Å²) in [4.78, 5) is 23.6. The third-order valence-corrected chi connectivity index (χ3v) is 5.07. The van der Waals surface area contributed by atoms with Crippen LogP contribution >= 0.6 is 0 Å². The number of hydrogen-bond acceptors (Lipinski definition) is 4. The molecule has 20 heavy (non-hydrogen) atoms. The second-order valence-corrected chi connectivity index (χ2v) is 6.40. The van der Waals surface area contributed by atoms with E-state index in [2.05, 4.69) is 5.32 Å². The molecule has 2 rings (SSSR count). The zero-order valence-electron chi connectivity index (χ0n) is 12.3. The molecule has 1 aliphatic carbocycles. The van der Waals surface area contributed by atoms with E-state index in [1.165, 1.54) is 0 Å². The second kappa shape index (κ2) is 5.00. The van der Waals surface area contributed by atoms with Gasteiger partial charge in [-0.2, -0.15) is 0 Å². The van der Waals surface area contributed by atoms with Crippen LogP contribution in [0.15, 0.2) is 0 Å². The van der Waals surface area contributed by atoms with Crippen LogP contribution in [-0.2, 0) is 14.3 Å². The number of rotatable bonds is 4. The van der Waals surface area contributed by atoms with Crippen molar-refractivity contribution in [2.24, 2.45) is 17.1 Å². The first-order valence-electron chi connectivity index (χ1n) is 7.21. The highest BCUT2D eigenvalue weighted by Gasteiger charge is 2.70. The normalized spacial score (nSPS) is 36.4. The zero-order valence-corrected chi connectivity index (χ0v) is 12.3. The number of nitrogens with one attached hydrogen (secondary N) is 1.